The first-order valence-electron chi connectivity index (χ1n) is 7.89. The van der Waals surface area contributed by atoms with Gasteiger partial charge in [-0.3, -0.25) is 4.79 Å². The first-order valence-corrected chi connectivity index (χ1v) is 10.4. The Morgan fingerprint density at radius 3 is 2.28 bits per heavy atom. The average molecular weight is 432 g/mol. The minimum atomic E-state index is -0.253. The van der Waals surface area contributed by atoms with Crippen LogP contribution in [0, 0.1) is 0 Å². The third-order valence-corrected chi connectivity index (χ3v) is 6.58. The number of carbonyl (C=O) groups is 1. The summed E-state index contributed by atoms with van der Waals surface area (Å²) in [5.74, 6) is 0.115. The fourth-order valence-electron chi connectivity index (χ4n) is 2.47. The molecule has 0 spiro atoms. The van der Waals surface area contributed by atoms with E-state index in [0.717, 1.165) is 14.2 Å². The smallest absolute Gasteiger partial charge is 0.240 e. The van der Waals surface area contributed by atoms with Crippen LogP contribution in [0.15, 0.2) is 81.5 Å². The van der Waals surface area contributed by atoms with E-state index in [1.54, 1.807) is 23.1 Å². The molecule has 3 rings (SSSR count). The van der Waals surface area contributed by atoms with Crippen molar-refractivity contribution in [1.29, 1.82) is 0 Å². The van der Waals surface area contributed by atoms with Crippen molar-refractivity contribution < 1.29 is 4.79 Å². The monoisotopic (exact) mass is 431 g/mol. The van der Waals surface area contributed by atoms with Crippen LogP contribution in [-0.4, -0.2) is 17.9 Å². The molecular weight excluding hydrogens is 414 g/mol. The van der Waals surface area contributed by atoms with Gasteiger partial charge in [-0.05, 0) is 45.8 Å². The lowest BCUT2D eigenvalue weighted by molar-refractivity contribution is -0.129. The van der Waals surface area contributed by atoms with Crippen molar-refractivity contribution in [2.75, 3.05) is 7.05 Å². The molecule has 0 radical (unpaired) electrons. The summed E-state index contributed by atoms with van der Waals surface area (Å²) < 4.78 is 1.08. The standard InChI is InChI=1S/C20H18BrNOS2/c1-22(14-17-12-13-18(21)24-17)20(23)19(15-8-4-2-5-9-15)25-16-10-6-3-7-11-16/h2-13,19H,14H2,1H3. The van der Waals surface area contributed by atoms with Gasteiger partial charge in [0.2, 0.25) is 5.91 Å². The highest BCUT2D eigenvalue weighted by molar-refractivity contribution is 9.11. The Morgan fingerprint density at radius 2 is 1.68 bits per heavy atom. The number of rotatable bonds is 6. The summed E-state index contributed by atoms with van der Waals surface area (Å²) in [6, 6.07) is 24.1. The van der Waals surface area contributed by atoms with Crippen molar-refractivity contribution in [3.8, 4) is 0 Å². The summed E-state index contributed by atoms with van der Waals surface area (Å²) in [6.45, 7) is 0.619. The largest absolute Gasteiger partial charge is 0.339 e. The molecule has 1 amide bonds. The molecule has 0 aliphatic carbocycles. The molecule has 0 fully saturated rings. The summed E-state index contributed by atoms with van der Waals surface area (Å²) in [5.41, 5.74) is 1.03. The van der Waals surface area contributed by atoms with E-state index >= 15 is 0 Å². The van der Waals surface area contributed by atoms with Crippen LogP contribution in [0.3, 0.4) is 0 Å². The number of thiophene rings is 1. The molecule has 2 aromatic carbocycles. The lowest BCUT2D eigenvalue weighted by atomic mass is 10.1. The number of hydrogen-bond donors (Lipinski definition) is 0. The van der Waals surface area contributed by atoms with Gasteiger partial charge in [-0.15, -0.1) is 23.1 Å². The van der Waals surface area contributed by atoms with E-state index in [2.05, 4.69) is 22.0 Å². The molecule has 0 aliphatic heterocycles. The van der Waals surface area contributed by atoms with E-state index in [0.29, 0.717) is 6.54 Å². The summed E-state index contributed by atoms with van der Waals surface area (Å²) in [4.78, 5) is 17.2. The number of amides is 1. The number of likely N-dealkylation sites (N-methyl/N-ethyl adjacent to an activating group) is 1. The lowest BCUT2D eigenvalue weighted by Gasteiger charge is -2.23. The molecule has 1 unspecified atom stereocenters. The molecule has 0 saturated heterocycles. The van der Waals surface area contributed by atoms with Crippen LogP contribution in [0.1, 0.15) is 15.7 Å². The van der Waals surface area contributed by atoms with E-state index in [1.165, 1.54) is 4.88 Å². The Kier molecular flexibility index (Phi) is 6.34. The maximum atomic E-state index is 13.2. The number of benzene rings is 2. The zero-order valence-electron chi connectivity index (χ0n) is 13.8. The van der Waals surface area contributed by atoms with E-state index in [9.17, 15) is 4.79 Å². The topological polar surface area (TPSA) is 20.3 Å². The van der Waals surface area contributed by atoms with Crippen molar-refractivity contribution in [1.82, 2.24) is 4.90 Å². The van der Waals surface area contributed by atoms with Crippen LogP contribution < -0.4 is 0 Å². The average Bonchev–Trinajstić information content (AvgIpc) is 3.05. The summed E-state index contributed by atoms with van der Waals surface area (Å²) in [7, 11) is 1.87. The van der Waals surface area contributed by atoms with Gasteiger partial charge >= 0.3 is 0 Å². The number of halogens is 1. The Labute approximate surface area is 165 Å². The molecule has 3 aromatic rings. The molecule has 0 saturated carbocycles. The molecule has 25 heavy (non-hydrogen) atoms. The number of hydrogen-bond acceptors (Lipinski definition) is 3. The highest BCUT2D eigenvalue weighted by Crippen LogP contribution is 2.37. The fourth-order valence-corrected chi connectivity index (χ4v) is 5.17. The van der Waals surface area contributed by atoms with Crippen LogP contribution in [0.2, 0.25) is 0 Å². The maximum absolute atomic E-state index is 13.2. The maximum Gasteiger partial charge on any atom is 0.240 e. The van der Waals surface area contributed by atoms with Crippen LogP contribution in [0.25, 0.3) is 0 Å². The third-order valence-electron chi connectivity index (χ3n) is 3.72. The predicted molar refractivity (Wildman–Crippen MR) is 110 cm³/mol. The van der Waals surface area contributed by atoms with E-state index in [4.69, 9.17) is 0 Å². The van der Waals surface area contributed by atoms with Gasteiger partial charge in [0.05, 0.1) is 10.3 Å². The first kappa shape index (κ1) is 18.2. The second-order valence-electron chi connectivity index (χ2n) is 5.62. The highest BCUT2D eigenvalue weighted by Gasteiger charge is 2.25. The van der Waals surface area contributed by atoms with E-state index in [1.807, 2.05) is 78.7 Å². The molecule has 2 nitrogen and oxygen atoms in total. The van der Waals surface area contributed by atoms with Gasteiger partial charge in [0, 0.05) is 16.8 Å². The number of thioether (sulfide) groups is 1. The normalized spacial score (nSPS) is 11.9. The molecule has 0 N–H and O–H groups in total. The van der Waals surface area contributed by atoms with E-state index < -0.39 is 0 Å². The Morgan fingerprint density at radius 1 is 1.04 bits per heavy atom. The molecular formula is C20H18BrNOS2. The van der Waals surface area contributed by atoms with E-state index in [-0.39, 0.29) is 11.2 Å². The quantitative estimate of drug-likeness (QED) is 0.445. The number of nitrogens with zero attached hydrogens (tertiary/aromatic N) is 1. The predicted octanol–water partition coefficient (Wildman–Crippen LogP) is 6.00. The molecule has 0 aliphatic rings. The highest BCUT2D eigenvalue weighted by atomic mass is 79.9. The van der Waals surface area contributed by atoms with Crippen LogP contribution in [0.5, 0.6) is 0 Å². The van der Waals surface area contributed by atoms with Crippen molar-refractivity contribution in [3.63, 3.8) is 0 Å². The van der Waals surface area contributed by atoms with Crippen molar-refractivity contribution in [2.24, 2.45) is 0 Å². The zero-order valence-corrected chi connectivity index (χ0v) is 17.0. The summed E-state index contributed by atoms with van der Waals surface area (Å²) in [5, 5.41) is -0.253. The Hall–Kier alpha value is -1.56. The second kappa shape index (κ2) is 8.70. The lowest BCUT2D eigenvalue weighted by Crippen LogP contribution is -2.29. The molecule has 1 aromatic heterocycles. The molecule has 5 heteroatoms. The molecule has 0 bridgehead atoms. The Bertz CT molecular complexity index is 820. The molecule has 1 heterocycles. The summed E-state index contributed by atoms with van der Waals surface area (Å²) >= 11 is 6.74. The number of carbonyl (C=O) groups excluding carboxylic acids is 1. The van der Waals surface area contributed by atoms with Gasteiger partial charge in [0.25, 0.3) is 0 Å². The van der Waals surface area contributed by atoms with Gasteiger partial charge in [0.1, 0.15) is 5.25 Å². The fraction of sp³-hybridized carbons (Fsp3) is 0.150. The van der Waals surface area contributed by atoms with Crippen LogP contribution in [-0.2, 0) is 11.3 Å². The molecule has 128 valence electrons. The van der Waals surface area contributed by atoms with Crippen molar-refractivity contribution in [2.45, 2.75) is 16.7 Å². The van der Waals surface area contributed by atoms with Gasteiger partial charge in [-0.1, -0.05) is 48.5 Å². The molecule has 1 atom stereocenters. The van der Waals surface area contributed by atoms with Gasteiger partial charge in [-0.25, -0.2) is 0 Å². The SMILES string of the molecule is CN(Cc1ccc(Br)s1)C(=O)C(Sc1ccccc1)c1ccccc1. The minimum absolute atomic E-state index is 0.115. The minimum Gasteiger partial charge on any atom is -0.339 e. The van der Waals surface area contributed by atoms with Crippen molar-refractivity contribution in [3.05, 3.63) is 87.0 Å². The third kappa shape index (κ3) is 4.97. The van der Waals surface area contributed by atoms with Crippen molar-refractivity contribution >= 4 is 44.9 Å². The van der Waals surface area contributed by atoms with Crippen LogP contribution >= 0.6 is 39.0 Å². The van der Waals surface area contributed by atoms with Gasteiger partial charge in [-0.2, -0.15) is 0 Å². The zero-order chi connectivity index (χ0) is 17.6. The summed E-state index contributed by atoms with van der Waals surface area (Å²) in [6.07, 6.45) is 0. The Balaban J connectivity index is 1.81. The second-order valence-corrected chi connectivity index (χ2v) is 9.35. The van der Waals surface area contributed by atoms with Gasteiger partial charge < -0.3 is 4.90 Å². The first-order chi connectivity index (χ1) is 12.1. The van der Waals surface area contributed by atoms with Crippen LogP contribution in [0.4, 0.5) is 0 Å². The van der Waals surface area contributed by atoms with Gasteiger partial charge in [0.15, 0.2) is 0 Å².